The molecule has 0 saturated carbocycles. The van der Waals surface area contributed by atoms with Gasteiger partial charge in [0.1, 0.15) is 5.75 Å². The second-order valence-corrected chi connectivity index (χ2v) is 8.93. The van der Waals surface area contributed by atoms with E-state index < -0.39 is 18.3 Å². The summed E-state index contributed by atoms with van der Waals surface area (Å²) < 4.78 is 17.9. The van der Waals surface area contributed by atoms with Crippen molar-refractivity contribution >= 4 is 18.5 Å². The van der Waals surface area contributed by atoms with Crippen molar-refractivity contribution in [3.8, 4) is 5.75 Å². The molecule has 0 bridgehead atoms. The number of hydrogen-bond donors (Lipinski definition) is 0. The fraction of sp³-hybridized carbons (Fsp3) is 0.667. The fourth-order valence-electron chi connectivity index (χ4n) is 3.75. The number of likely N-dealkylation sites (tertiary alicyclic amines) is 1. The Bertz CT molecular complexity index is 687. The van der Waals surface area contributed by atoms with Crippen LogP contribution in [-0.4, -0.2) is 49.3 Å². The van der Waals surface area contributed by atoms with Gasteiger partial charge < -0.3 is 18.9 Å². The van der Waals surface area contributed by atoms with E-state index in [0.29, 0.717) is 12.3 Å². The van der Waals surface area contributed by atoms with E-state index in [9.17, 15) is 4.79 Å². The Balaban J connectivity index is 1.79. The Kier molecular flexibility index (Phi) is 5.60. The molecule has 148 valence electrons. The lowest BCUT2D eigenvalue weighted by atomic mass is 9.77. The highest BCUT2D eigenvalue weighted by molar-refractivity contribution is 6.63. The summed E-state index contributed by atoms with van der Waals surface area (Å²) in [5.74, 6) is 1.49. The number of hydrogen-bond acceptors (Lipinski definition) is 4. The second kappa shape index (κ2) is 7.48. The van der Waals surface area contributed by atoms with Crippen LogP contribution in [-0.2, 0) is 20.5 Å². The molecule has 1 amide bonds. The van der Waals surface area contributed by atoms with Crippen LogP contribution in [0, 0.1) is 5.92 Å². The molecule has 0 spiro atoms. The average Bonchev–Trinajstić information content (AvgIpc) is 2.82. The number of piperidine rings is 1. The van der Waals surface area contributed by atoms with Crippen LogP contribution in [0.2, 0.25) is 0 Å². The van der Waals surface area contributed by atoms with Gasteiger partial charge >= 0.3 is 7.12 Å². The summed E-state index contributed by atoms with van der Waals surface area (Å²) in [6.45, 7) is 12.1. The summed E-state index contributed by atoms with van der Waals surface area (Å²) in [6.07, 6.45) is 2.69. The zero-order chi connectivity index (χ0) is 19.8. The molecule has 3 rings (SSSR count). The highest BCUT2D eigenvalue weighted by Gasteiger charge is 2.52. The molecule has 1 unspecified atom stereocenters. The number of carbonyl (C=O) groups excluding carboxylic acids is 1. The van der Waals surface area contributed by atoms with Crippen LogP contribution in [0.4, 0.5) is 0 Å². The maximum absolute atomic E-state index is 12.7. The Morgan fingerprint density at radius 3 is 2.52 bits per heavy atom. The maximum atomic E-state index is 12.7. The largest absolute Gasteiger partial charge is 0.498 e. The summed E-state index contributed by atoms with van der Waals surface area (Å²) in [4.78, 5) is 14.7. The first-order valence-corrected chi connectivity index (χ1v) is 9.93. The van der Waals surface area contributed by atoms with Gasteiger partial charge in [-0.05, 0) is 58.1 Å². The van der Waals surface area contributed by atoms with E-state index in [-0.39, 0.29) is 5.91 Å². The number of methoxy groups -OCH3 is 1. The van der Waals surface area contributed by atoms with Gasteiger partial charge in [0.2, 0.25) is 5.91 Å². The summed E-state index contributed by atoms with van der Waals surface area (Å²) in [7, 11) is 1.14. The molecule has 0 aromatic heterocycles. The monoisotopic (exact) mass is 373 g/mol. The van der Waals surface area contributed by atoms with Gasteiger partial charge in [-0.25, -0.2) is 0 Å². The molecular weight excluding hydrogens is 341 g/mol. The van der Waals surface area contributed by atoms with Crippen molar-refractivity contribution in [2.45, 2.75) is 65.1 Å². The highest BCUT2D eigenvalue weighted by Crippen LogP contribution is 2.37. The summed E-state index contributed by atoms with van der Waals surface area (Å²) in [5.41, 5.74) is 0.967. The van der Waals surface area contributed by atoms with Crippen molar-refractivity contribution in [1.82, 2.24) is 4.90 Å². The molecule has 27 heavy (non-hydrogen) atoms. The number of nitrogens with zero attached hydrogens (tertiary/aromatic N) is 1. The van der Waals surface area contributed by atoms with Gasteiger partial charge in [0, 0.05) is 18.6 Å². The summed E-state index contributed by atoms with van der Waals surface area (Å²) >= 11 is 0. The zero-order valence-electron chi connectivity index (χ0n) is 17.5. The average molecular weight is 373 g/mol. The molecule has 2 fully saturated rings. The normalized spacial score (nSPS) is 24.1. The van der Waals surface area contributed by atoms with Crippen LogP contribution in [0.25, 0.3) is 0 Å². The molecule has 1 aromatic carbocycles. The summed E-state index contributed by atoms with van der Waals surface area (Å²) in [6, 6.07) is 5.85. The molecular formula is C21H32BNO4. The molecule has 5 nitrogen and oxygen atoms in total. The minimum Gasteiger partial charge on any atom is -0.497 e. The summed E-state index contributed by atoms with van der Waals surface area (Å²) in [5, 5.41) is 0. The van der Waals surface area contributed by atoms with Crippen molar-refractivity contribution in [3.05, 3.63) is 23.8 Å². The number of benzene rings is 1. The fourth-order valence-corrected chi connectivity index (χ4v) is 3.75. The highest BCUT2D eigenvalue weighted by atomic mass is 16.7. The molecule has 1 aromatic rings. The third-order valence-corrected chi connectivity index (χ3v) is 6.17. The SMILES string of the molecule is COc1ccc(CC(=O)N2CCCC(C)C2)cc1B1OC(C)(C)C(C)(C)O1. The van der Waals surface area contributed by atoms with E-state index in [0.717, 1.165) is 36.3 Å². The van der Waals surface area contributed by atoms with Crippen LogP contribution in [0.1, 0.15) is 53.0 Å². The molecule has 0 N–H and O–H groups in total. The standard InChI is InChI=1S/C21H32BNO4/c1-15-8-7-11-23(14-15)19(24)13-16-9-10-18(25-6)17(12-16)22-26-20(2,3)21(4,5)27-22/h9-10,12,15H,7-8,11,13-14H2,1-6H3. The molecule has 1 atom stereocenters. The lowest BCUT2D eigenvalue weighted by Crippen LogP contribution is -2.41. The van der Waals surface area contributed by atoms with Gasteiger partial charge in [0.15, 0.2) is 0 Å². The number of rotatable bonds is 4. The molecule has 2 heterocycles. The lowest BCUT2D eigenvalue weighted by molar-refractivity contribution is -0.132. The van der Waals surface area contributed by atoms with E-state index in [4.69, 9.17) is 14.0 Å². The lowest BCUT2D eigenvalue weighted by Gasteiger charge is -2.32. The predicted molar refractivity (Wildman–Crippen MR) is 107 cm³/mol. The number of amides is 1. The van der Waals surface area contributed by atoms with E-state index in [1.807, 2.05) is 50.8 Å². The van der Waals surface area contributed by atoms with Crippen molar-refractivity contribution in [1.29, 1.82) is 0 Å². The Labute approximate surface area is 163 Å². The third-order valence-electron chi connectivity index (χ3n) is 6.17. The Morgan fingerprint density at radius 2 is 1.93 bits per heavy atom. The van der Waals surface area contributed by atoms with Gasteiger partial charge in [0.05, 0.1) is 24.7 Å². The van der Waals surface area contributed by atoms with Crippen LogP contribution in [0.5, 0.6) is 5.75 Å². The molecule has 2 aliphatic heterocycles. The van der Waals surface area contributed by atoms with Gasteiger partial charge in [-0.1, -0.05) is 19.1 Å². The minimum atomic E-state index is -0.505. The van der Waals surface area contributed by atoms with Gasteiger partial charge in [-0.15, -0.1) is 0 Å². The molecule has 2 saturated heterocycles. The first-order valence-electron chi connectivity index (χ1n) is 9.93. The second-order valence-electron chi connectivity index (χ2n) is 8.93. The molecule has 0 radical (unpaired) electrons. The van der Waals surface area contributed by atoms with Crippen LogP contribution in [0.3, 0.4) is 0 Å². The minimum absolute atomic E-state index is 0.187. The van der Waals surface area contributed by atoms with Crippen molar-refractivity contribution < 1.29 is 18.8 Å². The molecule has 6 heteroatoms. The van der Waals surface area contributed by atoms with E-state index in [2.05, 4.69) is 6.92 Å². The first kappa shape index (κ1) is 20.2. The maximum Gasteiger partial charge on any atom is 0.498 e. The van der Waals surface area contributed by atoms with Gasteiger partial charge in [-0.3, -0.25) is 4.79 Å². The third kappa shape index (κ3) is 4.17. The van der Waals surface area contributed by atoms with Gasteiger partial charge in [0.25, 0.3) is 0 Å². The first-order chi connectivity index (χ1) is 12.6. The molecule has 0 aliphatic carbocycles. The van der Waals surface area contributed by atoms with Crippen LogP contribution < -0.4 is 10.2 Å². The topological polar surface area (TPSA) is 48.0 Å². The smallest absolute Gasteiger partial charge is 0.497 e. The quantitative estimate of drug-likeness (QED) is 0.762. The number of ether oxygens (including phenoxy) is 1. The Morgan fingerprint density at radius 1 is 1.26 bits per heavy atom. The van der Waals surface area contributed by atoms with Crippen molar-refractivity contribution in [2.75, 3.05) is 20.2 Å². The Hall–Kier alpha value is -1.53. The van der Waals surface area contributed by atoms with Crippen LogP contribution in [0.15, 0.2) is 18.2 Å². The predicted octanol–water partition coefficient (Wildman–Crippen LogP) is 2.80. The number of carbonyl (C=O) groups is 1. The van der Waals surface area contributed by atoms with E-state index in [1.165, 1.54) is 6.42 Å². The van der Waals surface area contributed by atoms with Crippen molar-refractivity contribution in [3.63, 3.8) is 0 Å². The van der Waals surface area contributed by atoms with Crippen LogP contribution >= 0.6 is 0 Å². The molecule has 2 aliphatic rings. The zero-order valence-corrected chi connectivity index (χ0v) is 17.5. The van der Waals surface area contributed by atoms with Gasteiger partial charge in [-0.2, -0.15) is 0 Å². The van der Waals surface area contributed by atoms with E-state index in [1.54, 1.807) is 7.11 Å². The van der Waals surface area contributed by atoms with Crippen molar-refractivity contribution in [2.24, 2.45) is 5.92 Å². The van der Waals surface area contributed by atoms with E-state index >= 15 is 0 Å².